The summed E-state index contributed by atoms with van der Waals surface area (Å²) in [5, 5.41) is 5.05. The van der Waals surface area contributed by atoms with E-state index < -0.39 is 0 Å². The molecular weight excluding hydrogens is 605 g/mol. The van der Waals surface area contributed by atoms with Crippen LogP contribution in [0.3, 0.4) is 0 Å². The molecule has 10 rings (SSSR count). The van der Waals surface area contributed by atoms with Gasteiger partial charge in [0.15, 0.2) is 0 Å². The van der Waals surface area contributed by atoms with Crippen LogP contribution in [0, 0.1) is 0 Å². The summed E-state index contributed by atoms with van der Waals surface area (Å²) in [6.45, 7) is 0. The van der Waals surface area contributed by atoms with Crippen molar-refractivity contribution in [2.24, 2.45) is 0 Å². The van der Waals surface area contributed by atoms with Gasteiger partial charge in [0, 0.05) is 32.9 Å². The first-order valence-electron chi connectivity index (χ1n) is 17.2. The molecule has 0 spiro atoms. The quantitative estimate of drug-likeness (QED) is 0.178. The Balaban J connectivity index is 1.28. The van der Waals surface area contributed by atoms with Gasteiger partial charge >= 0.3 is 0 Å². The minimum Gasteiger partial charge on any atom is -0.309 e. The SMILES string of the molecule is c1ccc(-c2ccc(-n3c4ccc(-c5ccccc5)cc4c4c5c6ccccc6n(-c6cccc(-c7ccccc7)c6)c5ccc43)cc2)cc1. The van der Waals surface area contributed by atoms with Crippen LogP contribution in [0.5, 0.6) is 0 Å². The summed E-state index contributed by atoms with van der Waals surface area (Å²) < 4.78 is 4.88. The topological polar surface area (TPSA) is 9.86 Å². The normalized spacial score (nSPS) is 11.6. The maximum absolute atomic E-state index is 2.44. The largest absolute Gasteiger partial charge is 0.309 e. The first-order chi connectivity index (χ1) is 24.8. The first-order valence-corrected chi connectivity index (χ1v) is 17.2. The van der Waals surface area contributed by atoms with Crippen molar-refractivity contribution in [3.8, 4) is 44.8 Å². The van der Waals surface area contributed by atoms with E-state index in [2.05, 4.69) is 203 Å². The van der Waals surface area contributed by atoms with Gasteiger partial charge in [-0.05, 0) is 88.0 Å². The number of aromatic nitrogens is 2. The van der Waals surface area contributed by atoms with E-state index in [0.29, 0.717) is 0 Å². The van der Waals surface area contributed by atoms with E-state index in [-0.39, 0.29) is 0 Å². The molecule has 0 N–H and O–H groups in total. The summed E-state index contributed by atoms with van der Waals surface area (Å²) in [7, 11) is 0. The molecule has 0 saturated carbocycles. The number of para-hydroxylation sites is 1. The van der Waals surface area contributed by atoms with E-state index in [0.717, 1.165) is 11.4 Å². The monoisotopic (exact) mass is 636 g/mol. The Labute approximate surface area is 290 Å². The van der Waals surface area contributed by atoms with Crippen LogP contribution in [0.2, 0.25) is 0 Å². The highest BCUT2D eigenvalue weighted by molar-refractivity contribution is 6.29. The average molecular weight is 637 g/mol. The van der Waals surface area contributed by atoms with Gasteiger partial charge in [0.2, 0.25) is 0 Å². The number of rotatable bonds is 5. The zero-order valence-corrected chi connectivity index (χ0v) is 27.4. The highest BCUT2D eigenvalue weighted by atomic mass is 15.0. The first kappa shape index (κ1) is 28.4. The second-order valence-electron chi connectivity index (χ2n) is 13.0. The predicted octanol–water partition coefficient (Wildman–Crippen LogP) is 12.9. The lowest BCUT2D eigenvalue weighted by molar-refractivity contribution is 1.17. The van der Waals surface area contributed by atoms with Gasteiger partial charge in [-0.3, -0.25) is 0 Å². The molecular formula is C48H32N2. The Morgan fingerprint density at radius 1 is 0.240 bits per heavy atom. The molecule has 0 amide bonds. The minimum atomic E-state index is 1.15. The van der Waals surface area contributed by atoms with E-state index >= 15 is 0 Å². The van der Waals surface area contributed by atoms with Crippen LogP contribution in [0.25, 0.3) is 88.4 Å². The zero-order valence-electron chi connectivity index (χ0n) is 27.4. The van der Waals surface area contributed by atoms with Crippen molar-refractivity contribution >= 4 is 43.6 Å². The lowest BCUT2D eigenvalue weighted by Crippen LogP contribution is -1.95. The lowest BCUT2D eigenvalue weighted by Gasteiger charge is -2.11. The van der Waals surface area contributed by atoms with Crippen molar-refractivity contribution < 1.29 is 0 Å². The standard InChI is InChI=1S/C48H32N2/c1-4-13-33(14-5-1)36-23-26-39(27-24-36)49-44-28-25-38(35-17-8-3-9-18-35)32-42(44)48-46(49)30-29-45-47(48)41-21-10-11-22-43(41)50(45)40-20-12-19-37(31-40)34-15-6-2-7-16-34/h1-32H. The lowest BCUT2D eigenvalue weighted by atomic mass is 10.0. The van der Waals surface area contributed by atoms with Crippen LogP contribution in [-0.2, 0) is 0 Å². The maximum Gasteiger partial charge on any atom is 0.0548 e. The number of hydrogen-bond acceptors (Lipinski definition) is 0. The summed E-state index contributed by atoms with van der Waals surface area (Å²) in [4.78, 5) is 0. The fourth-order valence-corrected chi connectivity index (χ4v) is 7.82. The zero-order chi connectivity index (χ0) is 33.0. The van der Waals surface area contributed by atoms with Gasteiger partial charge in [0.05, 0.1) is 22.1 Å². The summed E-state index contributed by atoms with van der Waals surface area (Å²) in [5.41, 5.74) is 14.4. The maximum atomic E-state index is 2.44. The Bertz CT molecular complexity index is 2820. The van der Waals surface area contributed by atoms with Gasteiger partial charge in [-0.2, -0.15) is 0 Å². The van der Waals surface area contributed by atoms with Crippen LogP contribution in [0.4, 0.5) is 0 Å². The molecule has 0 aliphatic heterocycles. The minimum absolute atomic E-state index is 1.15. The third kappa shape index (κ3) is 4.50. The van der Waals surface area contributed by atoms with Gasteiger partial charge in [0.25, 0.3) is 0 Å². The number of nitrogens with zero attached hydrogens (tertiary/aromatic N) is 2. The molecule has 2 heteroatoms. The summed E-state index contributed by atoms with van der Waals surface area (Å²) in [6.07, 6.45) is 0. The molecule has 234 valence electrons. The Kier molecular flexibility index (Phi) is 6.53. The molecule has 0 saturated heterocycles. The van der Waals surface area contributed by atoms with E-state index in [1.54, 1.807) is 0 Å². The third-order valence-corrected chi connectivity index (χ3v) is 10.1. The van der Waals surface area contributed by atoms with Crippen molar-refractivity contribution in [2.45, 2.75) is 0 Å². The fourth-order valence-electron chi connectivity index (χ4n) is 7.82. The number of benzene rings is 8. The smallest absolute Gasteiger partial charge is 0.0548 e. The van der Waals surface area contributed by atoms with Crippen molar-refractivity contribution in [1.82, 2.24) is 9.13 Å². The number of hydrogen-bond donors (Lipinski definition) is 0. The second kappa shape index (κ2) is 11.5. The molecule has 2 heterocycles. The van der Waals surface area contributed by atoms with Gasteiger partial charge in [-0.25, -0.2) is 0 Å². The predicted molar refractivity (Wildman–Crippen MR) is 211 cm³/mol. The van der Waals surface area contributed by atoms with Crippen LogP contribution >= 0.6 is 0 Å². The van der Waals surface area contributed by atoms with Crippen LogP contribution in [0.15, 0.2) is 194 Å². The molecule has 0 fully saturated rings. The van der Waals surface area contributed by atoms with Crippen molar-refractivity contribution in [3.05, 3.63) is 194 Å². The highest BCUT2D eigenvalue weighted by Crippen LogP contribution is 2.43. The molecule has 0 unspecified atom stereocenters. The van der Waals surface area contributed by atoms with E-state index in [1.807, 2.05) is 0 Å². The number of fused-ring (bicyclic) bond motifs is 7. The summed E-state index contributed by atoms with van der Waals surface area (Å²) >= 11 is 0. The van der Waals surface area contributed by atoms with E-state index in [1.165, 1.54) is 77.0 Å². The van der Waals surface area contributed by atoms with Crippen molar-refractivity contribution in [3.63, 3.8) is 0 Å². The molecule has 50 heavy (non-hydrogen) atoms. The van der Waals surface area contributed by atoms with E-state index in [9.17, 15) is 0 Å². The second-order valence-corrected chi connectivity index (χ2v) is 13.0. The molecule has 0 bridgehead atoms. The summed E-state index contributed by atoms with van der Waals surface area (Å²) in [5.74, 6) is 0. The molecule has 2 aromatic heterocycles. The Morgan fingerprint density at radius 2 is 0.680 bits per heavy atom. The van der Waals surface area contributed by atoms with Crippen molar-refractivity contribution in [1.29, 1.82) is 0 Å². The van der Waals surface area contributed by atoms with E-state index in [4.69, 9.17) is 0 Å². The molecule has 8 aromatic carbocycles. The van der Waals surface area contributed by atoms with Crippen LogP contribution in [-0.4, -0.2) is 9.13 Å². The van der Waals surface area contributed by atoms with Gasteiger partial charge in [-0.1, -0.05) is 140 Å². The van der Waals surface area contributed by atoms with Crippen molar-refractivity contribution in [2.75, 3.05) is 0 Å². The molecule has 0 aliphatic carbocycles. The summed E-state index contributed by atoms with van der Waals surface area (Å²) in [6, 6.07) is 70.3. The van der Waals surface area contributed by atoms with Crippen LogP contribution in [0.1, 0.15) is 0 Å². The molecule has 0 atom stereocenters. The fraction of sp³-hybridized carbons (Fsp3) is 0. The molecule has 2 nitrogen and oxygen atoms in total. The van der Waals surface area contributed by atoms with Crippen LogP contribution < -0.4 is 0 Å². The average Bonchev–Trinajstić information content (AvgIpc) is 3.71. The molecule has 10 aromatic rings. The Morgan fingerprint density at radius 3 is 1.34 bits per heavy atom. The molecule has 0 aliphatic rings. The third-order valence-electron chi connectivity index (χ3n) is 10.1. The highest BCUT2D eigenvalue weighted by Gasteiger charge is 2.21. The van der Waals surface area contributed by atoms with Gasteiger partial charge < -0.3 is 9.13 Å². The van der Waals surface area contributed by atoms with Gasteiger partial charge in [-0.15, -0.1) is 0 Å². The molecule has 0 radical (unpaired) electrons. The van der Waals surface area contributed by atoms with Gasteiger partial charge in [0.1, 0.15) is 0 Å². The Hall–Kier alpha value is -6.64.